The number of allylic oxidation sites excluding steroid dienone is 2. The van der Waals surface area contributed by atoms with Crippen molar-refractivity contribution in [1.82, 2.24) is 0 Å². The first-order valence-electron chi connectivity index (χ1n) is 4.75. The third kappa shape index (κ3) is 7.44. The lowest BCUT2D eigenvalue weighted by Crippen LogP contribution is -1.96. The molecule has 1 nitrogen and oxygen atoms in total. The van der Waals surface area contributed by atoms with Crippen LogP contribution in [0.15, 0.2) is 11.8 Å². The molecular weight excluding hydrogens is 134 g/mol. The molecule has 11 heavy (non-hydrogen) atoms. The van der Waals surface area contributed by atoms with Crippen molar-refractivity contribution in [2.24, 2.45) is 5.73 Å². The molecule has 0 saturated heterocycles. The minimum Gasteiger partial charge on any atom is -0.402 e. The highest BCUT2D eigenvalue weighted by Gasteiger charge is 1.89. The molecule has 0 amide bonds. The predicted octanol–water partition coefficient (Wildman–Crippen LogP) is 3.21. The van der Waals surface area contributed by atoms with E-state index in [9.17, 15) is 0 Å². The molecule has 0 fully saturated rings. The Morgan fingerprint density at radius 3 is 2.45 bits per heavy atom. The molecule has 0 rings (SSSR count). The fraction of sp³-hybridized carbons (Fsp3) is 0.800. The van der Waals surface area contributed by atoms with Gasteiger partial charge >= 0.3 is 0 Å². The van der Waals surface area contributed by atoms with Crippen LogP contribution in [0, 0.1) is 0 Å². The zero-order chi connectivity index (χ0) is 8.53. The smallest absolute Gasteiger partial charge is 0.00398 e. The van der Waals surface area contributed by atoms with Crippen LogP contribution >= 0.6 is 0 Å². The van der Waals surface area contributed by atoms with Gasteiger partial charge in [0.1, 0.15) is 0 Å². The normalized spacial score (nSPS) is 12.0. The molecule has 0 atom stereocenters. The Balaban J connectivity index is 3.17. The first-order chi connectivity index (χ1) is 5.31. The molecule has 0 aromatic rings. The minimum absolute atomic E-state index is 1.07. The summed E-state index contributed by atoms with van der Waals surface area (Å²) in [4.78, 5) is 0. The number of hydrogen-bond acceptors (Lipinski definition) is 1. The summed E-state index contributed by atoms with van der Waals surface area (Å²) in [5, 5.41) is 0. The van der Waals surface area contributed by atoms with Gasteiger partial charge in [0, 0.05) is 5.70 Å². The van der Waals surface area contributed by atoms with E-state index in [2.05, 4.69) is 19.9 Å². The Morgan fingerprint density at radius 2 is 1.91 bits per heavy atom. The van der Waals surface area contributed by atoms with Gasteiger partial charge in [0.25, 0.3) is 0 Å². The SMILES string of the molecule is CCC=C(N)CCCCCC. The fourth-order valence-electron chi connectivity index (χ4n) is 1.12. The van der Waals surface area contributed by atoms with Gasteiger partial charge in [-0.2, -0.15) is 0 Å². The molecule has 0 spiro atoms. The van der Waals surface area contributed by atoms with Crippen molar-refractivity contribution in [2.75, 3.05) is 0 Å². The first-order valence-corrected chi connectivity index (χ1v) is 4.75. The van der Waals surface area contributed by atoms with Crippen LogP contribution in [0.5, 0.6) is 0 Å². The first kappa shape index (κ1) is 10.5. The lowest BCUT2D eigenvalue weighted by Gasteiger charge is -1.99. The Kier molecular flexibility index (Phi) is 7.33. The number of nitrogens with two attached hydrogens (primary N) is 1. The van der Waals surface area contributed by atoms with E-state index >= 15 is 0 Å². The average molecular weight is 155 g/mol. The molecule has 1 heteroatoms. The van der Waals surface area contributed by atoms with Crippen molar-refractivity contribution in [2.45, 2.75) is 52.4 Å². The summed E-state index contributed by atoms with van der Waals surface area (Å²) in [5.41, 5.74) is 6.80. The van der Waals surface area contributed by atoms with E-state index < -0.39 is 0 Å². The third-order valence-electron chi connectivity index (χ3n) is 1.79. The molecule has 66 valence electrons. The molecular formula is C10H21N. The Hall–Kier alpha value is -0.460. The average Bonchev–Trinajstić information content (AvgIpc) is 1.99. The highest BCUT2D eigenvalue weighted by Crippen LogP contribution is 2.06. The molecule has 0 aliphatic rings. The lowest BCUT2D eigenvalue weighted by molar-refractivity contribution is 0.661. The van der Waals surface area contributed by atoms with Crippen LogP contribution in [-0.4, -0.2) is 0 Å². The molecule has 0 saturated carbocycles. The maximum atomic E-state index is 5.73. The van der Waals surface area contributed by atoms with Gasteiger partial charge in [-0.15, -0.1) is 0 Å². The van der Waals surface area contributed by atoms with E-state index in [0.29, 0.717) is 0 Å². The third-order valence-corrected chi connectivity index (χ3v) is 1.79. The molecule has 0 heterocycles. The number of unbranched alkanes of at least 4 members (excludes halogenated alkanes) is 3. The van der Waals surface area contributed by atoms with Gasteiger partial charge in [-0.1, -0.05) is 39.2 Å². The van der Waals surface area contributed by atoms with E-state index in [1.165, 1.54) is 25.7 Å². The molecule has 0 aromatic carbocycles. The highest BCUT2D eigenvalue weighted by molar-refractivity contribution is 4.95. The second kappa shape index (κ2) is 7.64. The Morgan fingerprint density at radius 1 is 1.18 bits per heavy atom. The fourth-order valence-corrected chi connectivity index (χ4v) is 1.12. The van der Waals surface area contributed by atoms with Crippen molar-refractivity contribution in [3.8, 4) is 0 Å². The predicted molar refractivity (Wildman–Crippen MR) is 51.3 cm³/mol. The van der Waals surface area contributed by atoms with Gasteiger partial charge in [-0.25, -0.2) is 0 Å². The van der Waals surface area contributed by atoms with E-state index in [1.54, 1.807) is 0 Å². The van der Waals surface area contributed by atoms with Gasteiger partial charge in [0.2, 0.25) is 0 Å². The van der Waals surface area contributed by atoms with Crippen LogP contribution in [0.1, 0.15) is 52.4 Å². The van der Waals surface area contributed by atoms with E-state index in [1.807, 2.05) is 0 Å². The van der Waals surface area contributed by atoms with Crippen molar-refractivity contribution in [1.29, 1.82) is 0 Å². The van der Waals surface area contributed by atoms with Gasteiger partial charge in [-0.05, 0) is 19.3 Å². The molecule has 0 bridgehead atoms. The van der Waals surface area contributed by atoms with Crippen molar-refractivity contribution < 1.29 is 0 Å². The standard InChI is InChI=1S/C10H21N/c1-3-5-6-7-9-10(11)8-4-2/h8H,3-7,9,11H2,1-2H3. The van der Waals surface area contributed by atoms with Crippen LogP contribution in [0.25, 0.3) is 0 Å². The minimum atomic E-state index is 1.07. The van der Waals surface area contributed by atoms with E-state index in [0.717, 1.165) is 18.5 Å². The van der Waals surface area contributed by atoms with Crippen molar-refractivity contribution >= 4 is 0 Å². The maximum absolute atomic E-state index is 5.73. The van der Waals surface area contributed by atoms with Crippen molar-refractivity contribution in [3.63, 3.8) is 0 Å². The molecule has 0 aliphatic heterocycles. The van der Waals surface area contributed by atoms with Gasteiger partial charge in [-0.3, -0.25) is 0 Å². The second-order valence-electron chi connectivity index (χ2n) is 3.00. The number of hydrogen-bond donors (Lipinski definition) is 1. The van der Waals surface area contributed by atoms with Crippen molar-refractivity contribution in [3.05, 3.63) is 11.8 Å². The van der Waals surface area contributed by atoms with Gasteiger partial charge in [0.05, 0.1) is 0 Å². The van der Waals surface area contributed by atoms with Gasteiger partial charge < -0.3 is 5.73 Å². The largest absolute Gasteiger partial charge is 0.402 e. The Labute approximate surface area is 70.7 Å². The summed E-state index contributed by atoms with van der Waals surface area (Å²) in [7, 11) is 0. The quantitative estimate of drug-likeness (QED) is 0.586. The highest BCUT2D eigenvalue weighted by atomic mass is 14.6. The summed E-state index contributed by atoms with van der Waals surface area (Å²) in [6.07, 6.45) is 9.52. The Bertz CT molecular complexity index is 105. The zero-order valence-electron chi connectivity index (χ0n) is 7.90. The van der Waals surface area contributed by atoms with Crippen LogP contribution in [0.2, 0.25) is 0 Å². The monoisotopic (exact) mass is 155 g/mol. The molecule has 2 N–H and O–H groups in total. The van der Waals surface area contributed by atoms with Gasteiger partial charge in [0.15, 0.2) is 0 Å². The van der Waals surface area contributed by atoms with E-state index in [-0.39, 0.29) is 0 Å². The number of rotatable bonds is 6. The summed E-state index contributed by atoms with van der Waals surface area (Å²) in [6.45, 7) is 4.35. The molecule has 0 aromatic heterocycles. The van der Waals surface area contributed by atoms with E-state index in [4.69, 9.17) is 5.73 Å². The zero-order valence-corrected chi connectivity index (χ0v) is 7.90. The van der Waals surface area contributed by atoms with Crippen LogP contribution in [0.4, 0.5) is 0 Å². The summed E-state index contributed by atoms with van der Waals surface area (Å²) < 4.78 is 0. The van der Waals surface area contributed by atoms with Crippen LogP contribution in [0.3, 0.4) is 0 Å². The molecule has 0 aliphatic carbocycles. The molecule has 0 radical (unpaired) electrons. The second-order valence-corrected chi connectivity index (χ2v) is 3.00. The van der Waals surface area contributed by atoms with Crippen LogP contribution in [-0.2, 0) is 0 Å². The topological polar surface area (TPSA) is 26.0 Å². The summed E-state index contributed by atoms with van der Waals surface area (Å²) in [5.74, 6) is 0. The summed E-state index contributed by atoms with van der Waals surface area (Å²) >= 11 is 0. The maximum Gasteiger partial charge on any atom is 0.00398 e. The lowest BCUT2D eigenvalue weighted by atomic mass is 10.1. The summed E-state index contributed by atoms with van der Waals surface area (Å²) in [6, 6.07) is 0. The van der Waals surface area contributed by atoms with Crippen LogP contribution < -0.4 is 5.73 Å². The molecule has 0 unspecified atom stereocenters.